The molecule has 0 saturated heterocycles. The van der Waals surface area contributed by atoms with Crippen molar-refractivity contribution in [2.24, 2.45) is 0 Å². The molecule has 0 fully saturated rings. The molecule has 1 atom stereocenters. The van der Waals surface area contributed by atoms with Crippen molar-refractivity contribution in [1.29, 1.82) is 0 Å². The van der Waals surface area contributed by atoms with Gasteiger partial charge >= 0.3 is 0 Å². The molecule has 0 spiro atoms. The second kappa shape index (κ2) is 6.08. The fraction of sp³-hybridized carbons (Fsp3) is 0.333. The molecule has 0 bridgehead atoms. The number of rotatable bonds is 3. The van der Waals surface area contributed by atoms with Crippen LogP contribution in [0.15, 0.2) is 36.4 Å². The maximum absolute atomic E-state index is 6.17. The van der Waals surface area contributed by atoms with E-state index < -0.39 is 0 Å². The Morgan fingerprint density at radius 2 is 2.05 bits per heavy atom. The van der Waals surface area contributed by atoms with Gasteiger partial charge in [-0.15, -0.1) is 0 Å². The number of benzene rings is 2. The summed E-state index contributed by atoms with van der Waals surface area (Å²) in [5, 5.41) is 4.19. The van der Waals surface area contributed by atoms with Gasteiger partial charge in [-0.05, 0) is 67.3 Å². The van der Waals surface area contributed by atoms with Crippen LogP contribution < -0.4 is 10.1 Å². The summed E-state index contributed by atoms with van der Waals surface area (Å²) >= 11 is 6.17. The van der Waals surface area contributed by atoms with Gasteiger partial charge in [0.1, 0.15) is 5.75 Å². The lowest BCUT2D eigenvalue weighted by atomic mass is 9.92. The van der Waals surface area contributed by atoms with Gasteiger partial charge in [-0.25, -0.2) is 0 Å². The first-order valence-electron chi connectivity index (χ1n) is 7.38. The summed E-state index contributed by atoms with van der Waals surface area (Å²) in [6, 6.07) is 12.7. The molecule has 3 heteroatoms. The smallest absolute Gasteiger partial charge is 0.122 e. The first kappa shape index (κ1) is 14.4. The molecule has 0 amide bonds. The van der Waals surface area contributed by atoms with Gasteiger partial charge in [0, 0.05) is 5.02 Å². The summed E-state index contributed by atoms with van der Waals surface area (Å²) < 4.78 is 5.70. The number of hydrogen-bond donors (Lipinski definition) is 1. The van der Waals surface area contributed by atoms with Gasteiger partial charge in [0.15, 0.2) is 0 Å². The Hall–Kier alpha value is -1.51. The molecular weight excluding hydrogens is 282 g/mol. The predicted molar refractivity (Wildman–Crippen MR) is 87.3 cm³/mol. The van der Waals surface area contributed by atoms with Crippen molar-refractivity contribution < 1.29 is 4.74 Å². The van der Waals surface area contributed by atoms with Crippen molar-refractivity contribution in [2.45, 2.75) is 25.8 Å². The quantitative estimate of drug-likeness (QED) is 0.913. The van der Waals surface area contributed by atoms with Crippen LogP contribution in [0, 0.1) is 6.92 Å². The molecule has 21 heavy (non-hydrogen) atoms. The van der Waals surface area contributed by atoms with Crippen molar-refractivity contribution in [3.8, 4) is 5.75 Å². The Labute approximate surface area is 131 Å². The highest BCUT2D eigenvalue weighted by atomic mass is 35.5. The molecule has 1 unspecified atom stereocenters. The minimum absolute atomic E-state index is 0.149. The van der Waals surface area contributed by atoms with E-state index in [2.05, 4.69) is 36.5 Å². The van der Waals surface area contributed by atoms with Gasteiger partial charge < -0.3 is 10.1 Å². The highest BCUT2D eigenvalue weighted by molar-refractivity contribution is 6.30. The van der Waals surface area contributed by atoms with E-state index in [0.717, 1.165) is 30.2 Å². The van der Waals surface area contributed by atoms with Crippen LogP contribution in [0.4, 0.5) is 0 Å². The van der Waals surface area contributed by atoms with Crippen molar-refractivity contribution >= 4 is 11.6 Å². The Morgan fingerprint density at radius 3 is 2.86 bits per heavy atom. The standard InChI is InChI=1S/C18H20ClNO/c1-12-5-7-15(19)11-16(12)18(20-2)14-6-8-17-13(10-14)4-3-9-21-17/h5-8,10-11,18,20H,3-4,9H2,1-2H3. The zero-order valence-electron chi connectivity index (χ0n) is 12.4. The number of nitrogens with one attached hydrogen (secondary N) is 1. The minimum atomic E-state index is 0.149. The van der Waals surface area contributed by atoms with E-state index in [1.165, 1.54) is 22.3 Å². The molecule has 3 rings (SSSR count). The normalized spacial score (nSPS) is 15.2. The molecule has 0 saturated carbocycles. The van der Waals surface area contributed by atoms with Crippen molar-refractivity contribution in [3.05, 3.63) is 63.7 Å². The maximum atomic E-state index is 6.17. The molecule has 110 valence electrons. The van der Waals surface area contributed by atoms with Crippen molar-refractivity contribution in [3.63, 3.8) is 0 Å². The van der Waals surface area contributed by atoms with E-state index in [9.17, 15) is 0 Å². The second-order valence-corrected chi connectivity index (χ2v) is 5.98. The topological polar surface area (TPSA) is 21.3 Å². The fourth-order valence-corrected chi connectivity index (χ4v) is 3.16. The lowest BCUT2D eigenvalue weighted by Crippen LogP contribution is -2.19. The van der Waals surface area contributed by atoms with E-state index in [4.69, 9.17) is 16.3 Å². The van der Waals surface area contributed by atoms with Crippen molar-refractivity contribution in [2.75, 3.05) is 13.7 Å². The first-order chi connectivity index (χ1) is 10.2. The number of hydrogen-bond acceptors (Lipinski definition) is 2. The summed E-state index contributed by atoms with van der Waals surface area (Å²) in [5.74, 6) is 1.03. The van der Waals surface area contributed by atoms with E-state index in [1.807, 2.05) is 19.2 Å². The maximum Gasteiger partial charge on any atom is 0.122 e. The SMILES string of the molecule is CNC(c1ccc2c(c1)CCCO2)c1cc(Cl)ccc1C. The van der Waals surface area contributed by atoms with Crippen LogP contribution in [0.2, 0.25) is 5.02 Å². The number of halogens is 1. The van der Waals surface area contributed by atoms with Crippen LogP contribution >= 0.6 is 11.6 Å². The number of aryl methyl sites for hydroxylation is 2. The van der Waals surface area contributed by atoms with E-state index >= 15 is 0 Å². The molecule has 2 nitrogen and oxygen atoms in total. The Bertz CT molecular complexity index is 654. The first-order valence-corrected chi connectivity index (χ1v) is 7.76. The lowest BCUT2D eigenvalue weighted by molar-refractivity contribution is 0.288. The summed E-state index contributed by atoms with van der Waals surface area (Å²) in [6.07, 6.45) is 2.19. The molecular formula is C18H20ClNO. The van der Waals surface area contributed by atoms with Crippen LogP contribution in [0.1, 0.15) is 34.7 Å². The zero-order chi connectivity index (χ0) is 14.8. The van der Waals surface area contributed by atoms with Crippen molar-refractivity contribution in [1.82, 2.24) is 5.32 Å². The molecule has 0 radical (unpaired) electrons. The minimum Gasteiger partial charge on any atom is -0.493 e. The summed E-state index contributed by atoms with van der Waals surface area (Å²) in [6.45, 7) is 2.95. The average molecular weight is 302 g/mol. The van der Waals surface area contributed by atoms with Crippen LogP contribution in [-0.4, -0.2) is 13.7 Å². The Morgan fingerprint density at radius 1 is 1.19 bits per heavy atom. The molecule has 1 heterocycles. The highest BCUT2D eigenvalue weighted by Crippen LogP contribution is 2.32. The third-order valence-electron chi connectivity index (χ3n) is 4.11. The van der Waals surface area contributed by atoms with Gasteiger partial charge in [-0.3, -0.25) is 0 Å². The second-order valence-electron chi connectivity index (χ2n) is 5.54. The number of fused-ring (bicyclic) bond motifs is 1. The molecule has 2 aromatic carbocycles. The van der Waals surface area contributed by atoms with Crippen LogP contribution in [0.25, 0.3) is 0 Å². The molecule has 0 aliphatic carbocycles. The lowest BCUT2D eigenvalue weighted by Gasteiger charge is -2.23. The largest absolute Gasteiger partial charge is 0.493 e. The van der Waals surface area contributed by atoms with E-state index in [1.54, 1.807) is 0 Å². The van der Waals surface area contributed by atoms with Gasteiger partial charge in [0.25, 0.3) is 0 Å². The third-order valence-corrected chi connectivity index (χ3v) is 4.34. The summed E-state index contributed by atoms with van der Waals surface area (Å²) in [4.78, 5) is 0. The van der Waals surface area contributed by atoms with Gasteiger partial charge in [-0.1, -0.05) is 29.8 Å². The predicted octanol–water partition coefficient (Wildman–Crippen LogP) is 4.28. The molecule has 2 aromatic rings. The summed E-state index contributed by atoms with van der Waals surface area (Å²) in [7, 11) is 1.99. The average Bonchev–Trinajstić information content (AvgIpc) is 2.51. The van der Waals surface area contributed by atoms with E-state index in [0.29, 0.717) is 0 Å². The van der Waals surface area contributed by atoms with Crippen LogP contribution in [0.5, 0.6) is 5.75 Å². The summed E-state index contributed by atoms with van der Waals surface area (Å²) in [5.41, 5.74) is 5.03. The molecule has 1 N–H and O–H groups in total. The molecule has 1 aliphatic rings. The molecule has 1 aliphatic heterocycles. The van der Waals surface area contributed by atoms with Crippen LogP contribution in [-0.2, 0) is 6.42 Å². The highest BCUT2D eigenvalue weighted by Gasteiger charge is 2.18. The monoisotopic (exact) mass is 301 g/mol. The zero-order valence-corrected chi connectivity index (χ0v) is 13.2. The Kier molecular flexibility index (Phi) is 4.18. The number of ether oxygens (including phenoxy) is 1. The third kappa shape index (κ3) is 2.92. The van der Waals surface area contributed by atoms with Gasteiger partial charge in [0.05, 0.1) is 12.6 Å². The van der Waals surface area contributed by atoms with Gasteiger partial charge in [-0.2, -0.15) is 0 Å². The van der Waals surface area contributed by atoms with E-state index in [-0.39, 0.29) is 6.04 Å². The fourth-order valence-electron chi connectivity index (χ4n) is 2.98. The van der Waals surface area contributed by atoms with Crippen LogP contribution in [0.3, 0.4) is 0 Å². The molecule has 0 aromatic heterocycles. The van der Waals surface area contributed by atoms with Gasteiger partial charge in [0.2, 0.25) is 0 Å². The Balaban J connectivity index is 2.01.